The van der Waals surface area contributed by atoms with E-state index in [1.807, 2.05) is 18.3 Å². The van der Waals surface area contributed by atoms with Crippen molar-refractivity contribution in [3.05, 3.63) is 210 Å². The molecule has 0 saturated heterocycles. The average Bonchev–Trinajstić information content (AvgIpc) is 4.03. The topological polar surface area (TPSA) is 33.5 Å². The molecule has 10 rings (SSSR count). The number of pyridine rings is 1. The van der Waals surface area contributed by atoms with Crippen molar-refractivity contribution in [3.63, 3.8) is 0 Å². The van der Waals surface area contributed by atoms with Gasteiger partial charge in [0.2, 0.25) is 0 Å². The van der Waals surface area contributed by atoms with E-state index >= 15 is 0 Å². The minimum absolute atomic E-state index is 0. The number of para-hydroxylation sites is 1. The molecule has 0 radical (unpaired) electrons. The fourth-order valence-corrected chi connectivity index (χ4v) is 10.6. The molecule has 0 bridgehead atoms. The molecule has 2 aromatic heterocycles. The van der Waals surface area contributed by atoms with Crippen LogP contribution in [0.3, 0.4) is 0 Å². The van der Waals surface area contributed by atoms with E-state index in [2.05, 4.69) is 284 Å². The van der Waals surface area contributed by atoms with Gasteiger partial charge in [-0.2, -0.15) is 12.1 Å². The molecule has 9 aromatic rings. The summed E-state index contributed by atoms with van der Waals surface area (Å²) in [6.07, 6.45) is 1.93. The fourth-order valence-electron chi connectivity index (χ4n) is 10.6. The van der Waals surface area contributed by atoms with Crippen molar-refractivity contribution in [1.29, 1.82) is 0 Å². The summed E-state index contributed by atoms with van der Waals surface area (Å²) in [6, 6.07) is 61.0. The fraction of sp³-hybridized carbons (Fsp3) is 0.324. The maximum absolute atomic E-state index is 6.88. The molecule has 0 N–H and O–H groups in total. The van der Waals surface area contributed by atoms with Gasteiger partial charge in [0, 0.05) is 66.8 Å². The van der Waals surface area contributed by atoms with Crippen LogP contribution in [0.25, 0.3) is 38.8 Å². The van der Waals surface area contributed by atoms with Gasteiger partial charge in [0.15, 0.2) is 0 Å². The molecule has 0 saturated carbocycles. The van der Waals surface area contributed by atoms with Gasteiger partial charge >= 0.3 is 0 Å². The van der Waals surface area contributed by atoms with Gasteiger partial charge in [-0.3, -0.25) is 0 Å². The molecule has 5 nitrogen and oxygen atoms in total. The van der Waals surface area contributed by atoms with Gasteiger partial charge in [-0.1, -0.05) is 202 Å². The molecular weight excluding hydrogens is 1120 g/mol. The van der Waals surface area contributed by atoms with Crippen LogP contribution in [0.15, 0.2) is 152 Å². The van der Waals surface area contributed by atoms with Crippen LogP contribution in [0, 0.1) is 18.8 Å². The first-order chi connectivity index (χ1) is 35.6. The van der Waals surface area contributed by atoms with Gasteiger partial charge in [0.05, 0.1) is 0 Å². The second-order valence-corrected chi connectivity index (χ2v) is 26.9. The van der Waals surface area contributed by atoms with E-state index in [9.17, 15) is 0 Å². The molecule has 0 atom stereocenters. The summed E-state index contributed by atoms with van der Waals surface area (Å²) >= 11 is 0. The number of aromatic nitrogens is 2. The van der Waals surface area contributed by atoms with E-state index in [1.165, 1.54) is 50.1 Å². The van der Waals surface area contributed by atoms with Gasteiger partial charge < -0.3 is 19.1 Å². The number of rotatable bonds is 8. The van der Waals surface area contributed by atoms with Crippen molar-refractivity contribution in [2.24, 2.45) is 0 Å². The van der Waals surface area contributed by atoms with E-state index in [-0.39, 0.29) is 53.6 Å². The Hall–Kier alpha value is -6.42. The Kier molecular flexibility index (Phi) is 14.2. The van der Waals surface area contributed by atoms with Crippen LogP contribution < -0.4 is 14.5 Å². The summed E-state index contributed by atoms with van der Waals surface area (Å²) in [5.41, 5.74) is 17.1. The number of nitrogens with zero attached hydrogens (tertiary/aromatic N) is 4. The molecule has 1 aliphatic rings. The Morgan fingerprint density at radius 1 is 0.455 bits per heavy atom. The number of hydrogen-bond donors (Lipinski definition) is 0. The van der Waals surface area contributed by atoms with Gasteiger partial charge in [-0.25, -0.2) is 4.98 Å². The van der Waals surface area contributed by atoms with Crippen LogP contribution in [0.1, 0.15) is 157 Å². The molecule has 3 heterocycles. The number of fused-ring (bicyclic) bond motifs is 4. The first-order valence-corrected chi connectivity index (χ1v) is 27.2. The van der Waals surface area contributed by atoms with Crippen molar-refractivity contribution in [1.82, 2.24) is 9.55 Å². The molecule has 6 heteroatoms. The molecular formula is C71H77N4OPt-3. The van der Waals surface area contributed by atoms with E-state index in [1.54, 1.807) is 0 Å². The van der Waals surface area contributed by atoms with Crippen molar-refractivity contribution >= 4 is 44.6 Å². The summed E-state index contributed by atoms with van der Waals surface area (Å²) in [7, 11) is 0. The Bertz CT molecular complexity index is 3590. The zero-order valence-electron chi connectivity index (χ0n) is 48.5. The largest absolute Gasteiger partial charge is 0.509 e. The van der Waals surface area contributed by atoms with Crippen LogP contribution in [0.4, 0.5) is 22.7 Å². The summed E-state index contributed by atoms with van der Waals surface area (Å²) in [5.74, 6) is 2.04. The quantitative estimate of drug-likeness (QED) is 0.142. The van der Waals surface area contributed by atoms with Crippen LogP contribution in [0.2, 0.25) is 0 Å². The second kappa shape index (κ2) is 19.8. The van der Waals surface area contributed by atoms with E-state index in [0.717, 1.165) is 50.4 Å². The van der Waals surface area contributed by atoms with Crippen LogP contribution in [-0.4, -0.2) is 9.55 Å². The third-order valence-electron chi connectivity index (χ3n) is 15.6. The maximum Gasteiger partial charge on any atom is 0.135 e. The van der Waals surface area contributed by atoms with Crippen molar-refractivity contribution < 1.29 is 25.8 Å². The maximum atomic E-state index is 6.88. The number of ether oxygens (including phenoxy) is 1. The van der Waals surface area contributed by atoms with Crippen LogP contribution in [-0.2, 0) is 53.6 Å². The minimum Gasteiger partial charge on any atom is -0.509 e. The zero-order chi connectivity index (χ0) is 54.5. The molecule has 0 aliphatic carbocycles. The zero-order valence-corrected chi connectivity index (χ0v) is 50.8. The molecule has 400 valence electrons. The summed E-state index contributed by atoms with van der Waals surface area (Å²) in [5, 5.41) is 2.21. The third-order valence-corrected chi connectivity index (χ3v) is 15.6. The van der Waals surface area contributed by atoms with E-state index in [0.29, 0.717) is 11.5 Å². The van der Waals surface area contributed by atoms with Gasteiger partial charge in [-0.05, 0) is 119 Å². The second-order valence-electron chi connectivity index (χ2n) is 26.9. The molecule has 7 aromatic carbocycles. The Labute approximate surface area is 475 Å². The molecule has 0 fully saturated rings. The Balaban J connectivity index is 0.00000722. The summed E-state index contributed by atoms with van der Waals surface area (Å²) in [6.45, 7) is 41.3. The van der Waals surface area contributed by atoms with Gasteiger partial charge in [0.25, 0.3) is 0 Å². The smallest absolute Gasteiger partial charge is 0.135 e. The number of anilines is 4. The normalized spacial score (nSPS) is 13.6. The third kappa shape index (κ3) is 10.8. The molecule has 1 aliphatic heterocycles. The van der Waals surface area contributed by atoms with E-state index < -0.39 is 0 Å². The molecule has 0 amide bonds. The molecule has 77 heavy (non-hydrogen) atoms. The number of benzene rings is 7. The minimum atomic E-state index is -0.312. The predicted octanol–water partition coefficient (Wildman–Crippen LogP) is 19.5. The van der Waals surface area contributed by atoms with Gasteiger partial charge in [-0.15, -0.1) is 48.1 Å². The number of hydrogen-bond acceptors (Lipinski definition) is 4. The Morgan fingerprint density at radius 2 is 1.04 bits per heavy atom. The van der Waals surface area contributed by atoms with Crippen molar-refractivity contribution in [2.75, 3.05) is 9.80 Å². The van der Waals surface area contributed by atoms with E-state index in [4.69, 9.17) is 9.72 Å². The first kappa shape index (κ1) is 55.3. The van der Waals surface area contributed by atoms with Crippen molar-refractivity contribution in [3.8, 4) is 28.4 Å². The SMILES string of the molecule is CC(C)(C)c1cc(-c2ccc3c(c2)c2ccc(Oc4[c-]c(N5[CH-]N(c6cc(C(C)(C)C)cc(C(C)(C)C)c6)c6c5cccc6C(C)(C)c5ccccc5)ccc4)[c-]c2n3-c2cc(C(C)(C)C)ccn2)cc(C(C)(C)C)c1.[Pt]. The Morgan fingerprint density at radius 3 is 1.65 bits per heavy atom. The molecule has 0 unspecified atom stereocenters. The summed E-state index contributed by atoms with van der Waals surface area (Å²) < 4.78 is 9.13. The average molecular weight is 1200 g/mol. The van der Waals surface area contributed by atoms with Crippen LogP contribution in [0.5, 0.6) is 11.5 Å². The summed E-state index contributed by atoms with van der Waals surface area (Å²) in [4.78, 5) is 9.70. The predicted molar refractivity (Wildman–Crippen MR) is 322 cm³/mol. The van der Waals surface area contributed by atoms with Crippen LogP contribution >= 0.6 is 0 Å². The van der Waals surface area contributed by atoms with Gasteiger partial charge in [0.1, 0.15) is 5.82 Å². The van der Waals surface area contributed by atoms with Crippen molar-refractivity contribution in [2.45, 2.75) is 150 Å². The standard InChI is InChI=1S/C71H77N4O.Pt/c1-66(2,3)49-33-34-72-64(42-49)75-61-32-29-46(47-35-50(67(4,5)6)38-51(36-47)68(7,8)9)37-59(61)58-31-30-57(44-63(58)75)76-56-26-21-25-54(43-56)73-45-74(55-40-52(69(10,11)12)39-53(41-55)70(13,14)15)65-60(27-22-28-62(65)73)71(16,17)48-23-19-18-20-24-48;/h18-42,45H,1-17H3;/q-3;. The molecule has 0 spiro atoms. The first-order valence-electron chi connectivity index (χ1n) is 27.2. The monoisotopic (exact) mass is 1200 g/mol.